The number of sulfone groups is 1. The van der Waals surface area contributed by atoms with Crippen molar-refractivity contribution in [3.05, 3.63) is 29.8 Å². The summed E-state index contributed by atoms with van der Waals surface area (Å²) in [5.74, 6) is 0.673. The van der Waals surface area contributed by atoms with Crippen molar-refractivity contribution in [2.45, 2.75) is 50.7 Å². The lowest BCUT2D eigenvalue weighted by Gasteiger charge is -2.29. The Bertz CT molecular complexity index is 710. The van der Waals surface area contributed by atoms with Gasteiger partial charge >= 0.3 is 6.09 Å². The first-order valence-corrected chi connectivity index (χ1v) is 10.6. The van der Waals surface area contributed by atoms with E-state index in [0.29, 0.717) is 31.8 Å². The van der Waals surface area contributed by atoms with Crippen LogP contribution in [0.25, 0.3) is 0 Å². The molecule has 1 saturated heterocycles. The number of carbonyl (C=O) groups excluding carboxylic acids is 1. The second kappa shape index (κ2) is 8.26. The molecule has 1 heterocycles. The molecule has 26 heavy (non-hydrogen) atoms. The van der Waals surface area contributed by atoms with Crippen molar-refractivity contribution in [3.63, 3.8) is 0 Å². The number of alkyl carbamates (subject to hydrolysis) is 1. The number of piperidine rings is 1. The minimum atomic E-state index is -3.08. The molecule has 8 heteroatoms. The molecule has 2 unspecified atom stereocenters. The lowest BCUT2D eigenvalue weighted by molar-refractivity contribution is 0.0523. The Balaban J connectivity index is 1.84. The molecule has 1 aromatic rings. The molecular weight excluding hydrogens is 356 g/mol. The van der Waals surface area contributed by atoms with E-state index in [2.05, 4.69) is 10.6 Å². The van der Waals surface area contributed by atoms with E-state index >= 15 is 0 Å². The first-order valence-electron chi connectivity index (χ1n) is 8.65. The molecule has 2 N–H and O–H groups in total. The van der Waals surface area contributed by atoms with E-state index in [1.54, 1.807) is 0 Å². The third-order valence-electron chi connectivity index (χ3n) is 3.94. The molecule has 0 spiro atoms. The number of nitrogens with one attached hydrogen (secondary N) is 2. The Morgan fingerprint density at radius 1 is 1.23 bits per heavy atom. The number of ether oxygens (including phenoxy) is 2. The molecular formula is C18H28N2O5S. The summed E-state index contributed by atoms with van der Waals surface area (Å²) in [4.78, 5) is 11.7. The van der Waals surface area contributed by atoms with Gasteiger partial charge in [-0.3, -0.25) is 0 Å². The summed E-state index contributed by atoms with van der Waals surface area (Å²) in [6.07, 6.45) is 1.09. The van der Waals surface area contributed by atoms with Gasteiger partial charge in [0.25, 0.3) is 0 Å². The average Bonchev–Trinajstić information content (AvgIpc) is 2.52. The molecule has 1 amide bonds. The maximum atomic E-state index is 11.7. The van der Waals surface area contributed by atoms with E-state index in [-0.39, 0.29) is 6.10 Å². The van der Waals surface area contributed by atoms with Crippen LogP contribution in [0.2, 0.25) is 0 Å². The van der Waals surface area contributed by atoms with Crippen molar-refractivity contribution in [3.8, 4) is 5.75 Å². The Kier molecular flexibility index (Phi) is 6.52. The van der Waals surface area contributed by atoms with E-state index in [0.717, 1.165) is 5.56 Å². The van der Waals surface area contributed by atoms with Crippen LogP contribution in [-0.2, 0) is 21.1 Å². The Hall–Kier alpha value is -1.80. The zero-order valence-corrected chi connectivity index (χ0v) is 16.6. The summed E-state index contributed by atoms with van der Waals surface area (Å²) in [5, 5.41) is 5.39. The van der Waals surface area contributed by atoms with E-state index in [9.17, 15) is 13.2 Å². The number of hydrogen-bond donors (Lipinski definition) is 2. The highest BCUT2D eigenvalue weighted by Crippen LogP contribution is 2.19. The van der Waals surface area contributed by atoms with Gasteiger partial charge < -0.3 is 20.1 Å². The molecule has 1 aliphatic heterocycles. The zero-order valence-electron chi connectivity index (χ0n) is 15.7. The highest BCUT2D eigenvalue weighted by molar-refractivity contribution is 7.91. The SMILES string of the molecule is CC(C)(C)OC(=O)NCc1ccc(OC2CNCC(S(C)(=O)=O)C2)cc1. The van der Waals surface area contributed by atoms with Crippen LogP contribution in [0.4, 0.5) is 4.79 Å². The van der Waals surface area contributed by atoms with Gasteiger partial charge in [-0.05, 0) is 38.5 Å². The highest BCUT2D eigenvalue weighted by Gasteiger charge is 2.29. The number of benzene rings is 1. The predicted molar refractivity (Wildman–Crippen MR) is 100 cm³/mol. The third-order valence-corrected chi connectivity index (χ3v) is 5.51. The smallest absolute Gasteiger partial charge is 0.407 e. The fourth-order valence-corrected chi connectivity index (χ4v) is 3.63. The van der Waals surface area contributed by atoms with Gasteiger partial charge in [0.05, 0.1) is 5.25 Å². The second-order valence-electron chi connectivity index (χ2n) is 7.58. The van der Waals surface area contributed by atoms with E-state index in [4.69, 9.17) is 9.47 Å². The number of amides is 1. The van der Waals surface area contributed by atoms with Gasteiger partial charge in [0.2, 0.25) is 0 Å². The maximum Gasteiger partial charge on any atom is 0.407 e. The van der Waals surface area contributed by atoms with Crippen molar-refractivity contribution in [2.75, 3.05) is 19.3 Å². The van der Waals surface area contributed by atoms with Crippen LogP contribution in [0.1, 0.15) is 32.8 Å². The number of hydrogen-bond acceptors (Lipinski definition) is 6. The number of carbonyl (C=O) groups is 1. The molecule has 0 bridgehead atoms. The Morgan fingerprint density at radius 3 is 2.46 bits per heavy atom. The van der Waals surface area contributed by atoms with Crippen LogP contribution in [0.5, 0.6) is 5.75 Å². The third kappa shape index (κ3) is 6.84. The molecule has 2 rings (SSSR count). The lowest BCUT2D eigenvalue weighted by Crippen LogP contribution is -2.47. The average molecular weight is 384 g/mol. The zero-order chi connectivity index (χ0) is 19.4. The molecule has 1 aromatic carbocycles. The second-order valence-corrected chi connectivity index (χ2v) is 9.91. The van der Waals surface area contributed by atoms with Gasteiger partial charge in [0.1, 0.15) is 17.5 Å². The molecule has 0 aromatic heterocycles. The van der Waals surface area contributed by atoms with Crippen molar-refractivity contribution in [1.82, 2.24) is 10.6 Å². The molecule has 1 fully saturated rings. The van der Waals surface area contributed by atoms with Crippen LogP contribution >= 0.6 is 0 Å². The van der Waals surface area contributed by atoms with Gasteiger partial charge in [-0.1, -0.05) is 12.1 Å². The van der Waals surface area contributed by atoms with Gasteiger partial charge in [-0.2, -0.15) is 0 Å². The quantitative estimate of drug-likeness (QED) is 0.805. The molecule has 7 nitrogen and oxygen atoms in total. The van der Waals surface area contributed by atoms with Gasteiger partial charge in [0.15, 0.2) is 9.84 Å². The molecule has 0 aliphatic carbocycles. The maximum absolute atomic E-state index is 11.7. The molecule has 146 valence electrons. The fourth-order valence-electron chi connectivity index (χ4n) is 2.65. The summed E-state index contributed by atoms with van der Waals surface area (Å²) < 4.78 is 34.5. The van der Waals surface area contributed by atoms with E-state index in [1.165, 1.54) is 6.26 Å². The summed E-state index contributed by atoms with van der Waals surface area (Å²) in [6.45, 7) is 6.88. The minimum Gasteiger partial charge on any atom is -0.489 e. The largest absolute Gasteiger partial charge is 0.489 e. The van der Waals surface area contributed by atoms with Crippen molar-refractivity contribution in [2.24, 2.45) is 0 Å². The Morgan fingerprint density at radius 2 is 1.88 bits per heavy atom. The summed E-state index contributed by atoms with van der Waals surface area (Å²) in [6, 6.07) is 7.35. The minimum absolute atomic E-state index is 0.186. The highest BCUT2D eigenvalue weighted by atomic mass is 32.2. The lowest BCUT2D eigenvalue weighted by atomic mass is 10.1. The van der Waals surface area contributed by atoms with Gasteiger partial charge in [0, 0.05) is 32.3 Å². The summed E-state index contributed by atoms with van der Waals surface area (Å²) >= 11 is 0. The molecule has 0 radical (unpaired) electrons. The standard InChI is InChI=1S/C18H28N2O5S/c1-18(2,3)25-17(21)20-10-13-5-7-14(8-6-13)24-15-9-16(12-19-11-15)26(4,22)23/h5-8,15-16,19H,9-12H2,1-4H3,(H,20,21). The summed E-state index contributed by atoms with van der Waals surface area (Å²) in [7, 11) is -3.08. The van der Waals surface area contributed by atoms with Gasteiger partial charge in [-0.15, -0.1) is 0 Å². The van der Waals surface area contributed by atoms with Crippen LogP contribution in [0.15, 0.2) is 24.3 Å². The topological polar surface area (TPSA) is 93.7 Å². The van der Waals surface area contributed by atoms with Crippen molar-refractivity contribution in [1.29, 1.82) is 0 Å². The van der Waals surface area contributed by atoms with Crippen LogP contribution in [-0.4, -0.2) is 50.8 Å². The fraction of sp³-hybridized carbons (Fsp3) is 0.611. The van der Waals surface area contributed by atoms with Gasteiger partial charge in [-0.25, -0.2) is 13.2 Å². The number of rotatable bonds is 5. The van der Waals surface area contributed by atoms with E-state index < -0.39 is 26.8 Å². The van der Waals surface area contributed by atoms with Crippen LogP contribution < -0.4 is 15.4 Å². The Labute approximate surface area is 155 Å². The first-order chi connectivity index (χ1) is 12.0. The summed E-state index contributed by atoms with van der Waals surface area (Å²) in [5.41, 5.74) is 0.388. The normalized spacial score (nSPS) is 21.1. The predicted octanol–water partition coefficient (Wildman–Crippen LogP) is 1.87. The first kappa shape index (κ1) is 20.5. The van der Waals surface area contributed by atoms with Crippen molar-refractivity contribution >= 4 is 15.9 Å². The van der Waals surface area contributed by atoms with E-state index in [1.807, 2.05) is 45.0 Å². The van der Waals surface area contributed by atoms with Crippen molar-refractivity contribution < 1.29 is 22.7 Å². The molecule has 2 atom stereocenters. The molecule has 0 saturated carbocycles. The molecule has 1 aliphatic rings. The monoisotopic (exact) mass is 384 g/mol. The van der Waals surface area contributed by atoms with Crippen LogP contribution in [0.3, 0.4) is 0 Å². The van der Waals surface area contributed by atoms with Crippen LogP contribution in [0, 0.1) is 0 Å².